The Balaban J connectivity index is 2.23. The fourth-order valence-electron chi connectivity index (χ4n) is 4.17. The van der Waals surface area contributed by atoms with Crippen molar-refractivity contribution in [3.05, 3.63) is 34.4 Å². The highest BCUT2D eigenvalue weighted by molar-refractivity contribution is 6.22. The molecule has 30 heavy (non-hydrogen) atoms. The standard InChI is InChI=1S/C28H46O2/c1-20(2)11-8-12-21(3)13-9-14-22(4)15-10-16-23(5)17-18-26-19-27(29)24(6)25(7)28(26)30/h17,19-22H,8-16,18H2,1-7H3/b23-17+. The normalized spacial score (nSPS) is 17.6. The summed E-state index contributed by atoms with van der Waals surface area (Å²) in [6.45, 7) is 15.1. The molecule has 2 nitrogen and oxygen atoms in total. The third-order valence-corrected chi connectivity index (χ3v) is 6.68. The first-order valence-electron chi connectivity index (χ1n) is 12.2. The molecule has 0 aromatic rings. The number of allylic oxidation sites excluding steroid dienone is 6. The van der Waals surface area contributed by atoms with E-state index in [1.807, 2.05) is 0 Å². The maximum Gasteiger partial charge on any atom is 0.185 e. The van der Waals surface area contributed by atoms with Gasteiger partial charge in [0.25, 0.3) is 0 Å². The van der Waals surface area contributed by atoms with Crippen LogP contribution in [0, 0.1) is 17.8 Å². The van der Waals surface area contributed by atoms with Gasteiger partial charge in [0, 0.05) is 16.7 Å². The van der Waals surface area contributed by atoms with Gasteiger partial charge in [-0.1, -0.05) is 84.3 Å². The Morgan fingerprint density at radius 2 is 1.37 bits per heavy atom. The minimum absolute atomic E-state index is 0.0174. The Kier molecular flexibility index (Phi) is 12.2. The maximum atomic E-state index is 12.3. The van der Waals surface area contributed by atoms with Crippen LogP contribution in [0.25, 0.3) is 0 Å². The lowest BCUT2D eigenvalue weighted by molar-refractivity contribution is -0.115. The summed E-state index contributed by atoms with van der Waals surface area (Å²) < 4.78 is 0. The average Bonchev–Trinajstić information content (AvgIpc) is 2.67. The molecule has 0 saturated heterocycles. The van der Waals surface area contributed by atoms with Gasteiger partial charge in [0.05, 0.1) is 0 Å². The van der Waals surface area contributed by atoms with Gasteiger partial charge in [-0.3, -0.25) is 9.59 Å². The largest absolute Gasteiger partial charge is 0.290 e. The first-order chi connectivity index (χ1) is 14.1. The summed E-state index contributed by atoms with van der Waals surface area (Å²) in [6, 6.07) is 0. The van der Waals surface area contributed by atoms with E-state index in [2.05, 4.69) is 40.7 Å². The molecule has 0 bridgehead atoms. The molecule has 1 aliphatic carbocycles. The number of Topliss-reactive ketones (excluding diaryl/α,β-unsaturated/α-hetero) is 1. The minimum atomic E-state index is -0.0174. The van der Waals surface area contributed by atoms with Crippen LogP contribution in [0.15, 0.2) is 34.4 Å². The third-order valence-electron chi connectivity index (χ3n) is 6.68. The highest BCUT2D eigenvalue weighted by Crippen LogP contribution is 2.24. The van der Waals surface area contributed by atoms with Crippen LogP contribution in [-0.2, 0) is 9.59 Å². The first-order valence-corrected chi connectivity index (χ1v) is 12.2. The van der Waals surface area contributed by atoms with E-state index in [0.717, 1.165) is 24.2 Å². The average molecular weight is 415 g/mol. The van der Waals surface area contributed by atoms with Gasteiger partial charge in [-0.05, 0) is 63.9 Å². The van der Waals surface area contributed by atoms with Gasteiger partial charge < -0.3 is 0 Å². The van der Waals surface area contributed by atoms with Crippen molar-refractivity contribution >= 4 is 11.6 Å². The Hall–Kier alpha value is -1.44. The second-order valence-corrected chi connectivity index (χ2v) is 10.2. The molecule has 1 rings (SSSR count). The van der Waals surface area contributed by atoms with Crippen molar-refractivity contribution in [1.82, 2.24) is 0 Å². The molecule has 0 aliphatic heterocycles. The van der Waals surface area contributed by atoms with E-state index in [4.69, 9.17) is 0 Å². The van der Waals surface area contributed by atoms with E-state index < -0.39 is 0 Å². The fraction of sp³-hybridized carbons (Fsp3) is 0.714. The molecule has 170 valence electrons. The van der Waals surface area contributed by atoms with Gasteiger partial charge in [0.2, 0.25) is 0 Å². The van der Waals surface area contributed by atoms with Crippen molar-refractivity contribution in [3.8, 4) is 0 Å². The van der Waals surface area contributed by atoms with E-state index in [9.17, 15) is 9.59 Å². The summed E-state index contributed by atoms with van der Waals surface area (Å²) in [7, 11) is 0. The molecule has 0 fully saturated rings. The van der Waals surface area contributed by atoms with Gasteiger partial charge in [0.1, 0.15) is 0 Å². The monoisotopic (exact) mass is 414 g/mol. The van der Waals surface area contributed by atoms with Crippen molar-refractivity contribution in [3.63, 3.8) is 0 Å². The number of ketones is 2. The molecule has 2 atom stereocenters. The molecule has 0 radical (unpaired) electrons. The topological polar surface area (TPSA) is 34.1 Å². The molecule has 0 spiro atoms. The van der Waals surface area contributed by atoms with Gasteiger partial charge >= 0.3 is 0 Å². The van der Waals surface area contributed by atoms with E-state index >= 15 is 0 Å². The number of hydrogen-bond acceptors (Lipinski definition) is 2. The van der Waals surface area contributed by atoms with Crippen LogP contribution in [0.2, 0.25) is 0 Å². The lowest BCUT2D eigenvalue weighted by Gasteiger charge is -2.15. The smallest absolute Gasteiger partial charge is 0.185 e. The second-order valence-electron chi connectivity index (χ2n) is 10.2. The van der Waals surface area contributed by atoms with Crippen LogP contribution < -0.4 is 0 Å². The highest BCUT2D eigenvalue weighted by atomic mass is 16.1. The van der Waals surface area contributed by atoms with E-state index in [1.54, 1.807) is 13.8 Å². The van der Waals surface area contributed by atoms with E-state index in [1.165, 1.54) is 63.0 Å². The summed E-state index contributed by atoms with van der Waals surface area (Å²) in [6.07, 6.45) is 16.0. The first kappa shape index (κ1) is 26.6. The predicted molar refractivity (Wildman–Crippen MR) is 130 cm³/mol. The molecule has 0 saturated carbocycles. The predicted octanol–water partition coefficient (Wildman–Crippen LogP) is 8.18. The Bertz CT molecular complexity index is 660. The van der Waals surface area contributed by atoms with Gasteiger partial charge in [-0.25, -0.2) is 0 Å². The molecule has 1 aliphatic rings. The van der Waals surface area contributed by atoms with Crippen molar-refractivity contribution in [2.75, 3.05) is 0 Å². The molecule has 0 aromatic heterocycles. The highest BCUT2D eigenvalue weighted by Gasteiger charge is 2.22. The zero-order valence-corrected chi connectivity index (χ0v) is 20.8. The van der Waals surface area contributed by atoms with Crippen molar-refractivity contribution in [2.45, 2.75) is 113 Å². The molecular formula is C28H46O2. The van der Waals surface area contributed by atoms with Gasteiger partial charge in [-0.2, -0.15) is 0 Å². The lowest BCUT2D eigenvalue weighted by atomic mass is 9.89. The Morgan fingerprint density at radius 1 is 0.833 bits per heavy atom. The number of hydrogen-bond donors (Lipinski definition) is 0. The van der Waals surface area contributed by atoms with Crippen LogP contribution in [0.4, 0.5) is 0 Å². The van der Waals surface area contributed by atoms with Crippen LogP contribution in [-0.4, -0.2) is 11.6 Å². The molecule has 2 unspecified atom stereocenters. The van der Waals surface area contributed by atoms with Crippen LogP contribution in [0.1, 0.15) is 113 Å². The van der Waals surface area contributed by atoms with Crippen molar-refractivity contribution in [2.24, 2.45) is 17.8 Å². The zero-order valence-electron chi connectivity index (χ0n) is 20.8. The summed E-state index contributed by atoms with van der Waals surface area (Å²) >= 11 is 0. The maximum absolute atomic E-state index is 12.3. The molecule has 0 N–H and O–H groups in total. The molecule has 0 heterocycles. The second kappa shape index (κ2) is 13.8. The fourth-order valence-corrected chi connectivity index (χ4v) is 4.17. The molecule has 0 aromatic carbocycles. The lowest BCUT2D eigenvalue weighted by Crippen LogP contribution is -2.16. The summed E-state index contributed by atoms with van der Waals surface area (Å²) in [5, 5.41) is 0. The van der Waals surface area contributed by atoms with Gasteiger partial charge in [-0.15, -0.1) is 0 Å². The van der Waals surface area contributed by atoms with Crippen LogP contribution >= 0.6 is 0 Å². The molecular weight excluding hydrogens is 368 g/mol. The molecule has 0 amide bonds. The van der Waals surface area contributed by atoms with Crippen molar-refractivity contribution < 1.29 is 9.59 Å². The SMILES string of the molecule is CC1=C(C)C(=O)C(C/C=C(\C)CCCC(C)CCCC(C)CCCC(C)C)=CC1=O. The number of carbonyl (C=O) groups is 2. The Labute approximate surface area is 186 Å². The quantitative estimate of drug-likeness (QED) is 0.212. The summed E-state index contributed by atoms with van der Waals surface area (Å²) in [4.78, 5) is 24.3. The van der Waals surface area contributed by atoms with E-state index in [-0.39, 0.29) is 11.6 Å². The van der Waals surface area contributed by atoms with Crippen molar-refractivity contribution in [1.29, 1.82) is 0 Å². The summed E-state index contributed by atoms with van der Waals surface area (Å²) in [5.74, 6) is 2.51. The number of rotatable bonds is 14. The Morgan fingerprint density at radius 3 is 1.93 bits per heavy atom. The number of carbonyl (C=O) groups excluding carboxylic acids is 2. The van der Waals surface area contributed by atoms with Gasteiger partial charge in [0.15, 0.2) is 11.6 Å². The zero-order chi connectivity index (χ0) is 22.7. The van der Waals surface area contributed by atoms with Crippen LogP contribution in [0.5, 0.6) is 0 Å². The minimum Gasteiger partial charge on any atom is -0.290 e. The van der Waals surface area contributed by atoms with E-state index in [0.29, 0.717) is 23.1 Å². The molecule has 2 heteroatoms. The summed E-state index contributed by atoms with van der Waals surface area (Å²) in [5.41, 5.74) is 3.15. The third kappa shape index (κ3) is 10.0. The van der Waals surface area contributed by atoms with Crippen LogP contribution in [0.3, 0.4) is 0 Å².